The Hall–Kier alpha value is -3.12. The number of benzene rings is 1. The SMILES string of the molecule is C[C@@H]1CN[C@H](C2=NC=C(C#Cc3ccc(C#Cc4cnc([C@@H]5C[C@@H](C)CN5)[nH]4)cc3)C2)C1. The molecule has 2 saturated heterocycles. The maximum absolute atomic E-state index is 4.60. The number of nitrogens with zero attached hydrogens (tertiary/aromatic N) is 2. The number of H-pyrrole nitrogens is 1. The van der Waals surface area contributed by atoms with E-state index in [2.05, 4.69) is 63.1 Å². The smallest absolute Gasteiger partial charge is 0.124 e. The highest BCUT2D eigenvalue weighted by atomic mass is 15.0. The van der Waals surface area contributed by atoms with Crippen LogP contribution in [0, 0.1) is 35.5 Å². The van der Waals surface area contributed by atoms with Gasteiger partial charge in [0.25, 0.3) is 0 Å². The summed E-state index contributed by atoms with van der Waals surface area (Å²) >= 11 is 0. The van der Waals surface area contributed by atoms with Crippen molar-refractivity contribution in [3.05, 3.63) is 64.9 Å². The Morgan fingerprint density at radius 1 is 0.844 bits per heavy atom. The predicted molar refractivity (Wildman–Crippen MR) is 128 cm³/mol. The molecular formula is C27H29N5. The third-order valence-electron chi connectivity index (χ3n) is 6.38. The molecule has 1 aromatic carbocycles. The number of aromatic amines is 1. The summed E-state index contributed by atoms with van der Waals surface area (Å²) in [6.07, 6.45) is 6.90. The summed E-state index contributed by atoms with van der Waals surface area (Å²) in [5.41, 5.74) is 5.12. The van der Waals surface area contributed by atoms with Crippen molar-refractivity contribution in [3.63, 3.8) is 0 Å². The first-order valence-electron chi connectivity index (χ1n) is 11.5. The maximum atomic E-state index is 4.60. The molecule has 3 N–H and O–H groups in total. The van der Waals surface area contributed by atoms with E-state index >= 15 is 0 Å². The van der Waals surface area contributed by atoms with Crippen LogP contribution in [0.15, 0.2) is 47.2 Å². The molecule has 3 aliphatic rings. The van der Waals surface area contributed by atoms with Gasteiger partial charge in [-0.15, -0.1) is 0 Å². The zero-order valence-electron chi connectivity index (χ0n) is 18.7. The quantitative estimate of drug-likeness (QED) is 0.647. The lowest BCUT2D eigenvalue weighted by molar-refractivity contribution is 0.587. The molecule has 2 aromatic rings. The predicted octanol–water partition coefficient (Wildman–Crippen LogP) is 3.56. The van der Waals surface area contributed by atoms with Gasteiger partial charge in [-0.3, -0.25) is 4.99 Å². The number of aromatic nitrogens is 2. The van der Waals surface area contributed by atoms with Crippen molar-refractivity contribution >= 4 is 5.71 Å². The van der Waals surface area contributed by atoms with E-state index in [1.54, 1.807) is 0 Å². The van der Waals surface area contributed by atoms with Gasteiger partial charge in [0.15, 0.2) is 0 Å². The second-order valence-corrected chi connectivity index (χ2v) is 9.31. The molecule has 5 heteroatoms. The summed E-state index contributed by atoms with van der Waals surface area (Å²) in [7, 11) is 0. The van der Waals surface area contributed by atoms with Crippen LogP contribution in [0.5, 0.6) is 0 Å². The number of aliphatic imine (C=N–C) groups is 1. The van der Waals surface area contributed by atoms with Crippen LogP contribution in [-0.4, -0.2) is 34.8 Å². The third kappa shape index (κ3) is 4.86. The summed E-state index contributed by atoms with van der Waals surface area (Å²) < 4.78 is 0. The second-order valence-electron chi connectivity index (χ2n) is 9.31. The first kappa shape index (κ1) is 20.8. The normalized spacial score (nSPS) is 26.7. The summed E-state index contributed by atoms with van der Waals surface area (Å²) in [5, 5.41) is 7.05. The molecule has 4 atom stereocenters. The molecule has 0 unspecified atom stereocenters. The fourth-order valence-corrected chi connectivity index (χ4v) is 4.53. The zero-order chi connectivity index (χ0) is 21.9. The molecule has 0 amide bonds. The van der Waals surface area contributed by atoms with Crippen LogP contribution in [0.25, 0.3) is 0 Å². The van der Waals surface area contributed by atoms with Crippen LogP contribution in [0.2, 0.25) is 0 Å². The van der Waals surface area contributed by atoms with Crippen LogP contribution in [0.1, 0.15) is 61.8 Å². The van der Waals surface area contributed by atoms with E-state index in [1.807, 2.05) is 36.7 Å². The zero-order valence-corrected chi connectivity index (χ0v) is 18.7. The van der Waals surface area contributed by atoms with Crippen molar-refractivity contribution in [3.8, 4) is 23.7 Å². The van der Waals surface area contributed by atoms with E-state index < -0.39 is 0 Å². The van der Waals surface area contributed by atoms with E-state index in [4.69, 9.17) is 0 Å². The molecule has 2 fully saturated rings. The van der Waals surface area contributed by atoms with E-state index in [9.17, 15) is 0 Å². The minimum Gasteiger partial charge on any atom is -0.334 e. The van der Waals surface area contributed by atoms with Gasteiger partial charge in [0.05, 0.1) is 12.2 Å². The van der Waals surface area contributed by atoms with Crippen LogP contribution in [0.4, 0.5) is 0 Å². The average Bonchev–Trinajstić information content (AvgIpc) is 3.59. The highest BCUT2D eigenvalue weighted by Crippen LogP contribution is 2.24. The molecule has 0 spiro atoms. The molecule has 5 nitrogen and oxygen atoms in total. The average molecular weight is 424 g/mol. The van der Waals surface area contributed by atoms with Crippen LogP contribution in [0.3, 0.4) is 0 Å². The van der Waals surface area contributed by atoms with E-state index in [0.29, 0.717) is 18.0 Å². The Morgan fingerprint density at radius 2 is 1.50 bits per heavy atom. The highest BCUT2D eigenvalue weighted by Gasteiger charge is 2.26. The molecule has 0 radical (unpaired) electrons. The number of rotatable bonds is 2. The molecule has 0 aliphatic carbocycles. The van der Waals surface area contributed by atoms with Crippen molar-refractivity contribution in [2.24, 2.45) is 16.8 Å². The fourth-order valence-electron chi connectivity index (χ4n) is 4.53. The van der Waals surface area contributed by atoms with Gasteiger partial charge < -0.3 is 15.6 Å². The van der Waals surface area contributed by atoms with Crippen molar-refractivity contribution in [2.75, 3.05) is 13.1 Å². The Balaban J connectivity index is 1.17. The van der Waals surface area contributed by atoms with E-state index in [0.717, 1.165) is 60.1 Å². The first-order chi connectivity index (χ1) is 15.6. The van der Waals surface area contributed by atoms with Gasteiger partial charge >= 0.3 is 0 Å². The lowest BCUT2D eigenvalue weighted by atomic mass is 10.0. The molecule has 0 bridgehead atoms. The van der Waals surface area contributed by atoms with Crippen LogP contribution in [-0.2, 0) is 0 Å². The van der Waals surface area contributed by atoms with Crippen molar-refractivity contribution in [2.45, 2.75) is 45.2 Å². The number of allylic oxidation sites excluding steroid dienone is 1. The number of hydrogen-bond acceptors (Lipinski definition) is 4. The Bertz CT molecular complexity index is 1160. The molecule has 32 heavy (non-hydrogen) atoms. The lowest BCUT2D eigenvalue weighted by Gasteiger charge is -2.09. The van der Waals surface area contributed by atoms with Crippen LogP contribution < -0.4 is 10.6 Å². The highest BCUT2D eigenvalue weighted by molar-refractivity contribution is 5.95. The Labute approximate surface area is 190 Å². The summed E-state index contributed by atoms with van der Waals surface area (Å²) in [6, 6.07) is 8.82. The van der Waals surface area contributed by atoms with Gasteiger partial charge in [-0.2, -0.15) is 0 Å². The molecule has 0 saturated carbocycles. The summed E-state index contributed by atoms with van der Waals surface area (Å²) in [4.78, 5) is 12.4. The molecule has 1 aromatic heterocycles. The Kier molecular flexibility index (Phi) is 5.95. The van der Waals surface area contributed by atoms with Gasteiger partial charge in [-0.25, -0.2) is 4.98 Å². The monoisotopic (exact) mass is 423 g/mol. The molecule has 4 heterocycles. The molecular weight excluding hydrogens is 394 g/mol. The topological polar surface area (TPSA) is 65.1 Å². The van der Waals surface area contributed by atoms with Gasteiger partial charge in [0.2, 0.25) is 0 Å². The summed E-state index contributed by atoms with van der Waals surface area (Å²) in [5.74, 6) is 15.3. The fraction of sp³-hybridized carbons (Fsp3) is 0.407. The van der Waals surface area contributed by atoms with Gasteiger partial charge in [0.1, 0.15) is 11.5 Å². The minimum absolute atomic E-state index is 0.313. The standard InChI is InChI=1S/C27H29N5/c1-18-11-24(28-14-18)25-13-22(16-30-25)8-7-20-3-5-21(6-4-20)9-10-23-17-31-27(32-23)26-12-19(2)15-29-26/h3-6,16-19,24,26,28-29H,11-15H2,1-2H3,(H,31,32)/t18-,19+,24-,26-/m0/s1. The number of nitrogens with one attached hydrogen (secondary N) is 3. The largest absolute Gasteiger partial charge is 0.334 e. The van der Waals surface area contributed by atoms with Crippen molar-refractivity contribution in [1.29, 1.82) is 0 Å². The molecule has 5 rings (SSSR count). The summed E-state index contributed by atoms with van der Waals surface area (Å²) in [6.45, 7) is 6.67. The third-order valence-corrected chi connectivity index (χ3v) is 6.38. The number of imidazole rings is 1. The first-order valence-corrected chi connectivity index (χ1v) is 11.5. The number of hydrogen-bond donors (Lipinski definition) is 3. The second kappa shape index (κ2) is 9.17. The van der Waals surface area contributed by atoms with Crippen molar-refractivity contribution < 1.29 is 0 Å². The minimum atomic E-state index is 0.313. The van der Waals surface area contributed by atoms with Crippen molar-refractivity contribution in [1.82, 2.24) is 20.6 Å². The lowest BCUT2D eigenvalue weighted by Crippen LogP contribution is -2.29. The maximum Gasteiger partial charge on any atom is 0.124 e. The molecule has 3 aliphatic heterocycles. The van der Waals surface area contributed by atoms with Gasteiger partial charge in [-0.1, -0.05) is 31.6 Å². The van der Waals surface area contributed by atoms with E-state index in [1.165, 1.54) is 12.1 Å². The molecule has 162 valence electrons. The van der Waals surface area contributed by atoms with E-state index in [-0.39, 0.29) is 0 Å². The van der Waals surface area contributed by atoms with Gasteiger partial charge in [0, 0.05) is 41.1 Å². The van der Waals surface area contributed by atoms with Crippen LogP contribution >= 0.6 is 0 Å². The Morgan fingerprint density at radius 3 is 2.16 bits per heavy atom. The van der Waals surface area contributed by atoms with Gasteiger partial charge in [-0.05, 0) is 68.0 Å².